The number of carboxylic acids is 1. The van der Waals surface area contributed by atoms with E-state index in [1.165, 1.54) is 12.8 Å². The zero-order chi connectivity index (χ0) is 13.3. The molecule has 0 saturated heterocycles. The summed E-state index contributed by atoms with van der Waals surface area (Å²) in [7, 11) is 0. The molecule has 0 aromatic heterocycles. The summed E-state index contributed by atoms with van der Waals surface area (Å²) in [6.07, 6.45) is 2.59. The quantitative estimate of drug-likeness (QED) is 0.836. The van der Waals surface area contributed by atoms with Crippen LogP contribution in [-0.2, 0) is 0 Å². The molecule has 1 saturated carbocycles. The Hall–Kier alpha value is -1.51. The van der Waals surface area contributed by atoms with E-state index in [2.05, 4.69) is 19.2 Å². The van der Waals surface area contributed by atoms with Gasteiger partial charge >= 0.3 is 5.97 Å². The lowest BCUT2D eigenvalue weighted by molar-refractivity contribution is 0.0696. The monoisotopic (exact) mass is 247 g/mol. The molecule has 0 spiro atoms. The van der Waals surface area contributed by atoms with Crippen LogP contribution in [0, 0.1) is 18.3 Å². The Morgan fingerprint density at radius 2 is 2.11 bits per heavy atom. The van der Waals surface area contributed by atoms with Crippen LogP contribution in [0.1, 0.15) is 42.6 Å². The van der Waals surface area contributed by atoms with Crippen molar-refractivity contribution in [3.63, 3.8) is 0 Å². The van der Waals surface area contributed by atoms with Crippen molar-refractivity contribution >= 4 is 11.7 Å². The average molecular weight is 247 g/mol. The van der Waals surface area contributed by atoms with Crippen molar-refractivity contribution in [3.05, 3.63) is 29.3 Å². The second kappa shape index (κ2) is 4.63. The molecule has 0 bridgehead atoms. The summed E-state index contributed by atoms with van der Waals surface area (Å²) in [6.45, 7) is 7.36. The minimum atomic E-state index is -0.861. The predicted molar refractivity (Wildman–Crippen MR) is 73.1 cm³/mol. The first-order chi connectivity index (χ1) is 8.44. The topological polar surface area (TPSA) is 49.3 Å². The van der Waals surface area contributed by atoms with Crippen LogP contribution in [0.4, 0.5) is 5.69 Å². The Labute approximate surface area is 108 Å². The lowest BCUT2D eigenvalue weighted by atomic mass is 9.92. The van der Waals surface area contributed by atoms with E-state index >= 15 is 0 Å². The second-order valence-electron chi connectivity index (χ2n) is 5.71. The first-order valence-corrected chi connectivity index (χ1v) is 6.52. The Bertz CT molecular complexity index is 462. The van der Waals surface area contributed by atoms with Crippen LogP contribution >= 0.6 is 0 Å². The molecule has 3 heteroatoms. The molecule has 0 atom stereocenters. The number of carbonyl (C=O) groups is 1. The number of benzene rings is 1. The summed E-state index contributed by atoms with van der Waals surface area (Å²) >= 11 is 0. The molecular formula is C15H21NO2. The molecule has 1 aliphatic rings. The van der Waals surface area contributed by atoms with E-state index in [4.69, 9.17) is 5.11 Å². The number of aromatic carboxylic acids is 1. The van der Waals surface area contributed by atoms with Crippen molar-refractivity contribution in [3.8, 4) is 0 Å². The van der Waals surface area contributed by atoms with E-state index in [0.29, 0.717) is 16.9 Å². The number of hydrogen-bond acceptors (Lipinski definition) is 2. The number of nitrogens with one attached hydrogen (secondary N) is 1. The molecule has 3 nitrogen and oxygen atoms in total. The van der Waals surface area contributed by atoms with Gasteiger partial charge in [0.2, 0.25) is 0 Å². The van der Waals surface area contributed by atoms with Crippen LogP contribution in [-0.4, -0.2) is 17.6 Å². The van der Waals surface area contributed by atoms with Gasteiger partial charge in [-0.1, -0.05) is 13.8 Å². The van der Waals surface area contributed by atoms with Crippen LogP contribution in [0.3, 0.4) is 0 Å². The fourth-order valence-electron chi connectivity index (χ4n) is 2.41. The molecule has 18 heavy (non-hydrogen) atoms. The lowest BCUT2D eigenvalue weighted by Crippen LogP contribution is -2.20. The van der Waals surface area contributed by atoms with E-state index in [-0.39, 0.29) is 0 Å². The van der Waals surface area contributed by atoms with Crippen molar-refractivity contribution in [2.24, 2.45) is 11.3 Å². The minimum Gasteiger partial charge on any atom is -0.478 e. The molecule has 0 heterocycles. The molecule has 0 amide bonds. The van der Waals surface area contributed by atoms with Gasteiger partial charge in [-0.05, 0) is 54.9 Å². The SMILES string of the molecule is Cc1cc(NCC2(C(C)C)CC2)ccc1C(=O)O. The number of aryl methyl sites for hydroxylation is 1. The van der Waals surface area contributed by atoms with Crippen LogP contribution in [0.5, 0.6) is 0 Å². The van der Waals surface area contributed by atoms with Gasteiger partial charge in [0.25, 0.3) is 0 Å². The lowest BCUT2D eigenvalue weighted by Gasteiger charge is -2.21. The number of hydrogen-bond donors (Lipinski definition) is 2. The van der Waals surface area contributed by atoms with Crippen molar-refractivity contribution < 1.29 is 9.90 Å². The normalized spacial score (nSPS) is 16.7. The molecule has 98 valence electrons. The average Bonchev–Trinajstić information content (AvgIpc) is 3.07. The molecule has 2 rings (SSSR count). The summed E-state index contributed by atoms with van der Waals surface area (Å²) < 4.78 is 0. The molecule has 0 radical (unpaired) electrons. The maximum Gasteiger partial charge on any atom is 0.335 e. The zero-order valence-corrected chi connectivity index (χ0v) is 11.3. The Kier molecular flexibility index (Phi) is 3.33. The van der Waals surface area contributed by atoms with Gasteiger partial charge in [0, 0.05) is 12.2 Å². The standard InChI is InChI=1S/C15H21NO2/c1-10(2)15(6-7-15)9-16-12-4-5-13(14(17)18)11(3)8-12/h4-5,8,10,16H,6-7,9H2,1-3H3,(H,17,18). The van der Waals surface area contributed by atoms with E-state index in [1.54, 1.807) is 6.07 Å². The first kappa shape index (κ1) is 12.9. The zero-order valence-electron chi connectivity index (χ0n) is 11.3. The fourth-order valence-corrected chi connectivity index (χ4v) is 2.41. The van der Waals surface area contributed by atoms with E-state index < -0.39 is 5.97 Å². The highest BCUT2D eigenvalue weighted by atomic mass is 16.4. The van der Waals surface area contributed by atoms with E-state index in [0.717, 1.165) is 17.8 Å². The van der Waals surface area contributed by atoms with E-state index in [9.17, 15) is 4.79 Å². The Morgan fingerprint density at radius 1 is 1.44 bits per heavy atom. The third kappa shape index (κ3) is 2.50. The van der Waals surface area contributed by atoms with Crippen LogP contribution in [0.15, 0.2) is 18.2 Å². The fraction of sp³-hybridized carbons (Fsp3) is 0.533. The summed E-state index contributed by atoms with van der Waals surface area (Å²) in [4.78, 5) is 10.9. The molecule has 2 N–H and O–H groups in total. The first-order valence-electron chi connectivity index (χ1n) is 6.52. The second-order valence-corrected chi connectivity index (χ2v) is 5.71. The van der Waals surface area contributed by atoms with Gasteiger partial charge in [-0.25, -0.2) is 4.79 Å². The Balaban J connectivity index is 2.03. The molecule has 1 fully saturated rings. The third-order valence-electron chi connectivity index (χ3n) is 4.22. The van der Waals surface area contributed by atoms with E-state index in [1.807, 2.05) is 19.1 Å². The molecular weight excluding hydrogens is 226 g/mol. The van der Waals surface area contributed by atoms with Gasteiger partial charge in [0.1, 0.15) is 0 Å². The van der Waals surface area contributed by atoms with Crippen LogP contribution in [0.2, 0.25) is 0 Å². The molecule has 0 unspecified atom stereocenters. The summed E-state index contributed by atoms with van der Waals surface area (Å²) in [5.41, 5.74) is 2.66. The molecule has 1 aliphatic carbocycles. The third-order valence-corrected chi connectivity index (χ3v) is 4.22. The van der Waals surface area contributed by atoms with Crippen molar-refractivity contribution in [1.82, 2.24) is 0 Å². The predicted octanol–water partition coefficient (Wildman–Crippen LogP) is 3.54. The van der Waals surface area contributed by atoms with Crippen LogP contribution in [0.25, 0.3) is 0 Å². The summed E-state index contributed by atoms with van der Waals surface area (Å²) in [5, 5.41) is 12.4. The number of anilines is 1. The molecule has 1 aromatic rings. The van der Waals surface area contributed by atoms with Gasteiger partial charge in [0.05, 0.1) is 5.56 Å². The van der Waals surface area contributed by atoms with Gasteiger partial charge in [-0.15, -0.1) is 0 Å². The number of carboxylic acid groups (broad SMARTS) is 1. The maximum atomic E-state index is 10.9. The highest BCUT2D eigenvalue weighted by Crippen LogP contribution is 2.51. The minimum absolute atomic E-state index is 0.380. The van der Waals surface area contributed by atoms with Crippen molar-refractivity contribution in [2.45, 2.75) is 33.6 Å². The molecule has 1 aromatic carbocycles. The number of rotatable bonds is 5. The van der Waals surface area contributed by atoms with Crippen molar-refractivity contribution in [2.75, 3.05) is 11.9 Å². The summed E-state index contributed by atoms with van der Waals surface area (Å²) in [5.74, 6) is -0.163. The smallest absolute Gasteiger partial charge is 0.335 e. The van der Waals surface area contributed by atoms with Crippen LogP contribution < -0.4 is 5.32 Å². The largest absolute Gasteiger partial charge is 0.478 e. The highest BCUT2D eigenvalue weighted by Gasteiger charge is 2.44. The van der Waals surface area contributed by atoms with Gasteiger partial charge in [-0.2, -0.15) is 0 Å². The van der Waals surface area contributed by atoms with Gasteiger partial charge in [0.15, 0.2) is 0 Å². The van der Waals surface area contributed by atoms with Gasteiger partial charge < -0.3 is 10.4 Å². The highest BCUT2D eigenvalue weighted by molar-refractivity contribution is 5.89. The summed E-state index contributed by atoms with van der Waals surface area (Å²) in [6, 6.07) is 5.45. The Morgan fingerprint density at radius 3 is 2.56 bits per heavy atom. The van der Waals surface area contributed by atoms with Gasteiger partial charge in [-0.3, -0.25) is 0 Å². The molecule has 0 aliphatic heterocycles. The maximum absolute atomic E-state index is 10.9. The van der Waals surface area contributed by atoms with Crippen molar-refractivity contribution in [1.29, 1.82) is 0 Å².